The highest BCUT2D eigenvalue weighted by atomic mass is 16.3. The number of benzene rings is 1. The minimum atomic E-state index is -0.0187. The average molecular weight is 422 g/mol. The summed E-state index contributed by atoms with van der Waals surface area (Å²) in [5, 5.41) is 9.44. The fourth-order valence-electron chi connectivity index (χ4n) is 3.67. The second-order valence-electron chi connectivity index (χ2n) is 7.48. The van der Waals surface area contributed by atoms with Gasteiger partial charge in [-0.05, 0) is 60.0 Å². The lowest BCUT2D eigenvalue weighted by Crippen LogP contribution is -2.02. The first-order valence-corrected chi connectivity index (χ1v) is 10.4. The minimum absolute atomic E-state index is 0.0187. The smallest absolute Gasteiger partial charge is 0.165 e. The van der Waals surface area contributed by atoms with Crippen LogP contribution in [0, 0.1) is 0 Å². The number of rotatable bonds is 5. The van der Waals surface area contributed by atoms with Gasteiger partial charge in [-0.25, -0.2) is 15.0 Å². The summed E-state index contributed by atoms with van der Waals surface area (Å²) >= 11 is 0. The molecule has 158 valence electrons. The predicted molar refractivity (Wildman–Crippen MR) is 125 cm³/mol. The fourth-order valence-corrected chi connectivity index (χ4v) is 3.67. The van der Waals surface area contributed by atoms with Gasteiger partial charge in [-0.1, -0.05) is 25.1 Å². The van der Waals surface area contributed by atoms with Crippen molar-refractivity contribution in [3.05, 3.63) is 84.2 Å². The van der Waals surface area contributed by atoms with Crippen LogP contribution in [0.3, 0.4) is 0 Å². The number of anilines is 1. The standard InChI is InChI=1S/C25H22N6O/c1-2-16-7-10-20(28-14-16)21-11-12-22-25(29-21)31(18-8-5-17(15-32)6-9-18)24(30-22)19-4-3-13-27-23(19)26/h3-14,32H,2,15H2,1H3,(H2,26,27). The third-order valence-electron chi connectivity index (χ3n) is 5.46. The van der Waals surface area contributed by atoms with Crippen molar-refractivity contribution in [3.8, 4) is 28.5 Å². The van der Waals surface area contributed by atoms with Crippen molar-refractivity contribution in [2.45, 2.75) is 20.0 Å². The number of aryl methyl sites for hydroxylation is 1. The molecule has 0 atom stereocenters. The molecule has 0 spiro atoms. The van der Waals surface area contributed by atoms with Gasteiger partial charge in [0.1, 0.15) is 11.3 Å². The van der Waals surface area contributed by atoms with Crippen molar-refractivity contribution in [1.82, 2.24) is 24.5 Å². The lowest BCUT2D eigenvalue weighted by molar-refractivity contribution is 0.282. The third kappa shape index (κ3) is 3.48. The lowest BCUT2D eigenvalue weighted by Gasteiger charge is -2.11. The molecule has 0 aliphatic heterocycles. The highest BCUT2D eigenvalue weighted by molar-refractivity contribution is 5.84. The van der Waals surface area contributed by atoms with E-state index in [1.165, 1.54) is 5.56 Å². The molecule has 0 aliphatic rings. The molecule has 5 rings (SSSR count). The second-order valence-corrected chi connectivity index (χ2v) is 7.48. The van der Waals surface area contributed by atoms with E-state index in [0.29, 0.717) is 17.3 Å². The van der Waals surface area contributed by atoms with Gasteiger partial charge in [-0.2, -0.15) is 0 Å². The van der Waals surface area contributed by atoms with Crippen LogP contribution in [0.2, 0.25) is 0 Å². The summed E-state index contributed by atoms with van der Waals surface area (Å²) in [5.74, 6) is 1.05. The zero-order valence-corrected chi connectivity index (χ0v) is 17.6. The maximum absolute atomic E-state index is 9.44. The van der Waals surface area contributed by atoms with Crippen LogP contribution in [0.5, 0.6) is 0 Å². The molecule has 1 aromatic carbocycles. The predicted octanol–water partition coefficient (Wildman–Crippen LogP) is 4.18. The molecular weight excluding hydrogens is 400 g/mol. The van der Waals surface area contributed by atoms with Crippen LogP contribution < -0.4 is 5.73 Å². The highest BCUT2D eigenvalue weighted by Gasteiger charge is 2.18. The van der Waals surface area contributed by atoms with Gasteiger partial charge in [0.25, 0.3) is 0 Å². The number of pyridine rings is 3. The van der Waals surface area contributed by atoms with Crippen molar-refractivity contribution in [3.63, 3.8) is 0 Å². The number of aliphatic hydroxyl groups excluding tert-OH is 1. The number of fused-ring (bicyclic) bond motifs is 1. The maximum Gasteiger partial charge on any atom is 0.165 e. The topological polar surface area (TPSA) is 103 Å². The monoisotopic (exact) mass is 422 g/mol. The van der Waals surface area contributed by atoms with E-state index in [9.17, 15) is 5.11 Å². The van der Waals surface area contributed by atoms with Crippen LogP contribution >= 0.6 is 0 Å². The summed E-state index contributed by atoms with van der Waals surface area (Å²) in [6.45, 7) is 2.09. The Morgan fingerprint density at radius 2 is 1.66 bits per heavy atom. The Morgan fingerprint density at radius 1 is 0.875 bits per heavy atom. The minimum Gasteiger partial charge on any atom is -0.392 e. The zero-order chi connectivity index (χ0) is 22.1. The van der Waals surface area contributed by atoms with E-state index in [-0.39, 0.29) is 6.61 Å². The van der Waals surface area contributed by atoms with Gasteiger partial charge in [0, 0.05) is 18.1 Å². The van der Waals surface area contributed by atoms with Crippen molar-refractivity contribution in [1.29, 1.82) is 0 Å². The number of imidazole rings is 1. The van der Waals surface area contributed by atoms with E-state index < -0.39 is 0 Å². The van der Waals surface area contributed by atoms with Gasteiger partial charge in [-0.15, -0.1) is 0 Å². The maximum atomic E-state index is 9.44. The molecule has 0 saturated heterocycles. The quantitative estimate of drug-likeness (QED) is 0.440. The summed E-state index contributed by atoms with van der Waals surface area (Å²) in [7, 11) is 0. The Balaban J connectivity index is 1.74. The average Bonchev–Trinajstić information content (AvgIpc) is 3.23. The Bertz CT molecular complexity index is 1390. The molecule has 0 saturated carbocycles. The van der Waals surface area contributed by atoms with Crippen molar-refractivity contribution >= 4 is 17.0 Å². The first-order chi connectivity index (χ1) is 15.7. The van der Waals surface area contributed by atoms with E-state index in [4.69, 9.17) is 15.7 Å². The first kappa shape index (κ1) is 19.8. The third-order valence-corrected chi connectivity index (χ3v) is 5.46. The van der Waals surface area contributed by atoms with Gasteiger partial charge in [0.15, 0.2) is 11.5 Å². The summed E-state index contributed by atoms with van der Waals surface area (Å²) in [6.07, 6.45) is 4.48. The van der Waals surface area contributed by atoms with Gasteiger partial charge >= 0.3 is 0 Å². The molecule has 0 fully saturated rings. The molecule has 7 nitrogen and oxygen atoms in total. The van der Waals surface area contributed by atoms with Crippen LogP contribution in [0.25, 0.3) is 39.6 Å². The summed E-state index contributed by atoms with van der Waals surface area (Å²) < 4.78 is 1.97. The summed E-state index contributed by atoms with van der Waals surface area (Å²) in [4.78, 5) is 18.6. The van der Waals surface area contributed by atoms with Crippen LogP contribution in [0.1, 0.15) is 18.1 Å². The van der Waals surface area contributed by atoms with Crippen molar-refractivity contribution in [2.24, 2.45) is 0 Å². The van der Waals surface area contributed by atoms with Gasteiger partial charge < -0.3 is 10.8 Å². The molecule has 3 N–H and O–H groups in total. The van der Waals surface area contributed by atoms with Gasteiger partial charge in [0.05, 0.1) is 23.6 Å². The number of aromatic nitrogens is 5. The van der Waals surface area contributed by atoms with Crippen LogP contribution in [0.4, 0.5) is 5.82 Å². The van der Waals surface area contributed by atoms with E-state index in [2.05, 4.69) is 23.0 Å². The van der Waals surface area contributed by atoms with Gasteiger partial charge in [0.2, 0.25) is 0 Å². The molecule has 4 aromatic heterocycles. The number of hydrogen-bond acceptors (Lipinski definition) is 6. The summed E-state index contributed by atoms with van der Waals surface area (Å²) in [5.41, 5.74) is 12.8. The molecule has 0 amide bonds. The lowest BCUT2D eigenvalue weighted by atomic mass is 10.2. The zero-order valence-electron chi connectivity index (χ0n) is 17.6. The van der Waals surface area contributed by atoms with E-state index in [1.807, 2.05) is 65.4 Å². The largest absolute Gasteiger partial charge is 0.392 e. The Hall–Kier alpha value is -4.10. The van der Waals surface area contributed by atoms with E-state index in [0.717, 1.165) is 40.1 Å². The molecule has 5 aromatic rings. The SMILES string of the molecule is CCc1ccc(-c2ccc3nc(-c4cccnc4N)n(-c4ccc(CO)cc4)c3n2)nc1. The second kappa shape index (κ2) is 8.20. The van der Waals surface area contributed by atoms with Crippen molar-refractivity contribution in [2.75, 3.05) is 5.73 Å². The molecule has 4 heterocycles. The molecule has 32 heavy (non-hydrogen) atoms. The first-order valence-electron chi connectivity index (χ1n) is 10.4. The molecule has 0 bridgehead atoms. The van der Waals surface area contributed by atoms with Crippen LogP contribution in [-0.2, 0) is 13.0 Å². The molecule has 0 unspecified atom stereocenters. The molecular formula is C25H22N6O. The number of nitrogens with zero attached hydrogens (tertiary/aromatic N) is 5. The highest BCUT2D eigenvalue weighted by Crippen LogP contribution is 2.31. The molecule has 0 aliphatic carbocycles. The van der Waals surface area contributed by atoms with Crippen LogP contribution in [0.15, 0.2) is 73.1 Å². The number of aliphatic hydroxyl groups is 1. The fraction of sp³-hybridized carbons (Fsp3) is 0.120. The van der Waals surface area contributed by atoms with Crippen LogP contribution in [-0.4, -0.2) is 29.6 Å². The molecule has 0 radical (unpaired) electrons. The number of nitrogen functional groups attached to an aromatic ring is 1. The summed E-state index contributed by atoms with van der Waals surface area (Å²) in [6, 6.07) is 19.3. The van der Waals surface area contributed by atoms with E-state index in [1.54, 1.807) is 6.20 Å². The Labute approximate surface area is 185 Å². The Morgan fingerprint density at radius 3 is 2.34 bits per heavy atom. The van der Waals surface area contributed by atoms with Gasteiger partial charge in [-0.3, -0.25) is 9.55 Å². The Kier molecular flexibility index (Phi) is 5.09. The number of hydrogen-bond donors (Lipinski definition) is 2. The van der Waals surface area contributed by atoms with E-state index >= 15 is 0 Å². The molecule has 7 heteroatoms. The normalized spacial score (nSPS) is 11.2. The number of nitrogens with two attached hydrogens (primary N) is 1. The van der Waals surface area contributed by atoms with Crippen molar-refractivity contribution < 1.29 is 5.11 Å².